The molecule has 0 saturated carbocycles. The van der Waals surface area contributed by atoms with Crippen molar-refractivity contribution in [1.29, 1.82) is 0 Å². The summed E-state index contributed by atoms with van der Waals surface area (Å²) in [5.41, 5.74) is 3.18. The van der Waals surface area contributed by atoms with Gasteiger partial charge in [0, 0.05) is 30.6 Å². The Morgan fingerprint density at radius 2 is 2.11 bits per heavy atom. The second-order valence-electron chi connectivity index (χ2n) is 4.29. The lowest BCUT2D eigenvalue weighted by atomic mass is 10.0. The smallest absolute Gasteiger partial charge is 0.131 e. The molecule has 2 aromatic rings. The first kappa shape index (κ1) is 13.6. The Bertz CT molecular complexity index is 580. The molecule has 0 amide bonds. The number of rotatable bonds is 4. The van der Waals surface area contributed by atoms with Crippen molar-refractivity contribution in [3.8, 4) is 0 Å². The minimum Gasteiger partial charge on any atom is -0.334 e. The average Bonchev–Trinajstić information content (AvgIpc) is 2.84. The fourth-order valence-corrected chi connectivity index (χ4v) is 2.05. The molecule has 0 aliphatic carbocycles. The fourth-order valence-electron chi connectivity index (χ4n) is 2.05. The Morgan fingerprint density at radius 3 is 2.74 bits per heavy atom. The van der Waals surface area contributed by atoms with Crippen LogP contribution >= 0.6 is 0 Å². The maximum absolute atomic E-state index is 13.9. The molecule has 19 heavy (non-hydrogen) atoms. The van der Waals surface area contributed by atoms with Gasteiger partial charge in [-0.1, -0.05) is 0 Å². The highest BCUT2D eigenvalue weighted by molar-refractivity contribution is 5.31. The molecule has 3 N–H and O–H groups in total. The van der Waals surface area contributed by atoms with Gasteiger partial charge in [0.15, 0.2) is 0 Å². The number of hydrazine groups is 1. The van der Waals surface area contributed by atoms with Gasteiger partial charge in [0.2, 0.25) is 0 Å². The number of hydrogen-bond donors (Lipinski definition) is 2. The number of halogens is 2. The van der Waals surface area contributed by atoms with Crippen LogP contribution in [0.4, 0.5) is 8.78 Å². The summed E-state index contributed by atoms with van der Waals surface area (Å²) >= 11 is 0. The highest BCUT2D eigenvalue weighted by Gasteiger charge is 2.22. The molecule has 1 unspecified atom stereocenters. The Labute approximate surface area is 110 Å². The van der Waals surface area contributed by atoms with Gasteiger partial charge >= 0.3 is 0 Å². The highest BCUT2D eigenvalue weighted by atomic mass is 19.1. The summed E-state index contributed by atoms with van der Waals surface area (Å²) in [7, 11) is 0. The molecule has 1 atom stereocenters. The van der Waals surface area contributed by atoms with Gasteiger partial charge in [-0.3, -0.25) is 5.84 Å². The standard InChI is InChI=1S/C13H16F2N4/c1-3-19-5-4-17-13(19)12(18-16)9-6-8(2)10(14)7-11(9)15/h4-7,12,18H,3,16H2,1-2H3. The summed E-state index contributed by atoms with van der Waals surface area (Å²) in [5, 5.41) is 0. The first-order valence-corrected chi connectivity index (χ1v) is 6.01. The van der Waals surface area contributed by atoms with Crippen LogP contribution in [0.2, 0.25) is 0 Å². The Kier molecular flexibility index (Phi) is 3.92. The van der Waals surface area contributed by atoms with Crippen LogP contribution in [0, 0.1) is 18.6 Å². The van der Waals surface area contributed by atoms with Crippen LogP contribution in [-0.4, -0.2) is 9.55 Å². The molecule has 1 heterocycles. The first-order chi connectivity index (χ1) is 9.08. The predicted octanol–water partition coefficient (Wildman–Crippen LogP) is 2.04. The van der Waals surface area contributed by atoms with E-state index >= 15 is 0 Å². The number of nitrogens with one attached hydrogen (secondary N) is 1. The minimum atomic E-state index is -0.642. The third-order valence-corrected chi connectivity index (χ3v) is 3.10. The quantitative estimate of drug-likeness (QED) is 0.657. The third-order valence-electron chi connectivity index (χ3n) is 3.10. The number of hydrogen-bond acceptors (Lipinski definition) is 3. The number of imidazole rings is 1. The lowest BCUT2D eigenvalue weighted by Crippen LogP contribution is -2.32. The van der Waals surface area contributed by atoms with Gasteiger partial charge in [0.25, 0.3) is 0 Å². The molecule has 2 rings (SSSR count). The van der Waals surface area contributed by atoms with E-state index in [4.69, 9.17) is 5.84 Å². The van der Waals surface area contributed by atoms with Gasteiger partial charge in [-0.05, 0) is 25.5 Å². The number of aromatic nitrogens is 2. The minimum absolute atomic E-state index is 0.280. The van der Waals surface area contributed by atoms with E-state index in [1.54, 1.807) is 19.3 Å². The van der Waals surface area contributed by atoms with Gasteiger partial charge in [0.1, 0.15) is 23.5 Å². The molecule has 0 fully saturated rings. The van der Waals surface area contributed by atoms with E-state index in [0.29, 0.717) is 17.9 Å². The molecular formula is C13H16F2N4. The largest absolute Gasteiger partial charge is 0.334 e. The van der Waals surface area contributed by atoms with Crippen molar-refractivity contribution in [3.63, 3.8) is 0 Å². The van der Waals surface area contributed by atoms with Crippen molar-refractivity contribution in [1.82, 2.24) is 15.0 Å². The zero-order valence-electron chi connectivity index (χ0n) is 10.8. The van der Waals surface area contributed by atoms with E-state index in [2.05, 4.69) is 10.4 Å². The third kappa shape index (κ3) is 2.50. The maximum atomic E-state index is 13.9. The van der Waals surface area contributed by atoms with Crippen molar-refractivity contribution < 1.29 is 8.78 Å². The van der Waals surface area contributed by atoms with Gasteiger partial charge in [-0.25, -0.2) is 19.2 Å². The van der Waals surface area contributed by atoms with Crippen LogP contribution in [0.25, 0.3) is 0 Å². The van der Waals surface area contributed by atoms with Gasteiger partial charge in [-0.15, -0.1) is 0 Å². The summed E-state index contributed by atoms with van der Waals surface area (Å²) in [6.45, 7) is 4.22. The summed E-state index contributed by atoms with van der Waals surface area (Å²) < 4.78 is 29.1. The summed E-state index contributed by atoms with van der Waals surface area (Å²) in [4.78, 5) is 4.19. The van der Waals surface area contributed by atoms with Crippen LogP contribution in [0.3, 0.4) is 0 Å². The molecule has 0 aliphatic rings. The predicted molar refractivity (Wildman–Crippen MR) is 68.2 cm³/mol. The Hall–Kier alpha value is -1.79. The second-order valence-corrected chi connectivity index (χ2v) is 4.29. The van der Waals surface area contributed by atoms with Crippen LogP contribution in [0.1, 0.15) is 29.9 Å². The number of nitrogens with zero attached hydrogens (tertiary/aromatic N) is 2. The first-order valence-electron chi connectivity index (χ1n) is 6.01. The molecule has 1 aromatic carbocycles. The lowest BCUT2D eigenvalue weighted by Gasteiger charge is -2.18. The van der Waals surface area contributed by atoms with Crippen molar-refractivity contribution in [2.45, 2.75) is 26.4 Å². The van der Waals surface area contributed by atoms with Gasteiger partial charge in [0.05, 0.1) is 0 Å². The highest BCUT2D eigenvalue weighted by Crippen LogP contribution is 2.25. The van der Waals surface area contributed by atoms with E-state index in [1.807, 2.05) is 11.5 Å². The molecule has 0 saturated heterocycles. The van der Waals surface area contributed by atoms with E-state index in [1.165, 1.54) is 6.07 Å². The van der Waals surface area contributed by atoms with Crippen LogP contribution in [0.5, 0.6) is 0 Å². The number of aryl methyl sites for hydroxylation is 2. The van der Waals surface area contributed by atoms with Crippen molar-refractivity contribution >= 4 is 0 Å². The Morgan fingerprint density at radius 1 is 1.37 bits per heavy atom. The summed E-state index contributed by atoms with van der Waals surface area (Å²) in [6.07, 6.45) is 3.41. The van der Waals surface area contributed by atoms with Gasteiger partial charge < -0.3 is 4.57 Å². The topological polar surface area (TPSA) is 55.9 Å². The SMILES string of the molecule is CCn1ccnc1C(NN)c1cc(C)c(F)cc1F. The zero-order valence-corrected chi connectivity index (χ0v) is 10.8. The molecule has 6 heteroatoms. The molecule has 0 spiro atoms. The van der Waals surface area contributed by atoms with Crippen molar-refractivity contribution in [2.75, 3.05) is 0 Å². The lowest BCUT2D eigenvalue weighted by molar-refractivity contribution is 0.512. The molecule has 0 bridgehead atoms. The average molecular weight is 266 g/mol. The second kappa shape index (κ2) is 5.46. The molecule has 102 valence electrons. The fraction of sp³-hybridized carbons (Fsp3) is 0.308. The van der Waals surface area contributed by atoms with Crippen LogP contribution in [-0.2, 0) is 6.54 Å². The zero-order chi connectivity index (χ0) is 14.0. The van der Waals surface area contributed by atoms with Crippen molar-refractivity contribution in [3.05, 3.63) is 53.1 Å². The number of nitrogens with two attached hydrogens (primary N) is 1. The normalized spacial score (nSPS) is 12.7. The Balaban J connectivity index is 2.51. The molecule has 0 radical (unpaired) electrons. The van der Waals surface area contributed by atoms with E-state index in [9.17, 15) is 8.78 Å². The van der Waals surface area contributed by atoms with Crippen LogP contribution in [0.15, 0.2) is 24.5 Å². The summed E-state index contributed by atoms with van der Waals surface area (Å²) in [5.74, 6) is 4.89. The molecular weight excluding hydrogens is 250 g/mol. The van der Waals surface area contributed by atoms with E-state index in [-0.39, 0.29) is 5.56 Å². The maximum Gasteiger partial charge on any atom is 0.131 e. The van der Waals surface area contributed by atoms with E-state index < -0.39 is 17.7 Å². The summed E-state index contributed by atoms with van der Waals surface area (Å²) in [6, 6.07) is 1.70. The van der Waals surface area contributed by atoms with Gasteiger partial charge in [-0.2, -0.15) is 0 Å². The molecule has 4 nitrogen and oxygen atoms in total. The molecule has 0 aliphatic heterocycles. The number of benzene rings is 1. The monoisotopic (exact) mass is 266 g/mol. The molecule has 1 aromatic heterocycles. The van der Waals surface area contributed by atoms with Crippen molar-refractivity contribution in [2.24, 2.45) is 5.84 Å². The van der Waals surface area contributed by atoms with Crippen LogP contribution < -0.4 is 11.3 Å². The van der Waals surface area contributed by atoms with E-state index in [0.717, 1.165) is 6.07 Å².